The van der Waals surface area contributed by atoms with Crippen molar-refractivity contribution >= 4 is 16.6 Å². The minimum Gasteiger partial charge on any atom is -0.353 e. The topological polar surface area (TPSA) is 75.5 Å². The van der Waals surface area contributed by atoms with Crippen molar-refractivity contribution in [2.24, 2.45) is 5.92 Å². The van der Waals surface area contributed by atoms with Crippen molar-refractivity contribution in [3.63, 3.8) is 0 Å². The molecule has 3 atom stereocenters. The number of nitro benzene ring substituents is 1. The lowest BCUT2D eigenvalue weighted by Gasteiger charge is -2.24. The minimum absolute atomic E-state index is 0.190. The van der Waals surface area contributed by atoms with E-state index in [4.69, 9.17) is 0 Å². The summed E-state index contributed by atoms with van der Waals surface area (Å²) in [6.07, 6.45) is 7.39. The van der Waals surface area contributed by atoms with E-state index < -0.39 is 0 Å². The second kappa shape index (κ2) is 5.64. The zero-order valence-electron chi connectivity index (χ0n) is 13.5. The molecule has 0 spiro atoms. The van der Waals surface area contributed by atoms with E-state index in [1.807, 2.05) is 6.07 Å². The van der Waals surface area contributed by atoms with Gasteiger partial charge in [0.25, 0.3) is 5.69 Å². The number of hydrogen-bond acceptors (Lipinski definition) is 2. The molecule has 23 heavy (non-hydrogen) atoms. The van der Waals surface area contributed by atoms with Gasteiger partial charge in [-0.25, -0.2) is 0 Å². The molecule has 0 saturated heterocycles. The largest absolute Gasteiger partial charge is 0.353 e. The highest BCUT2D eigenvalue weighted by Gasteiger charge is 2.32. The second-order valence-electron chi connectivity index (χ2n) is 7.37. The molecule has 1 heterocycles. The number of aromatic nitrogens is 1. The van der Waals surface area contributed by atoms with Crippen LogP contribution in [0.25, 0.3) is 10.9 Å². The van der Waals surface area contributed by atoms with Gasteiger partial charge in [-0.1, -0.05) is 6.92 Å². The molecule has 0 amide bonds. The summed E-state index contributed by atoms with van der Waals surface area (Å²) in [5.74, 6) is 0.852. The fraction of sp³-hybridized carbons (Fsp3) is 0.556. The number of fused-ring (bicyclic) bond motifs is 3. The van der Waals surface area contributed by atoms with Gasteiger partial charge in [0.15, 0.2) is 0 Å². The van der Waals surface area contributed by atoms with E-state index in [0.717, 1.165) is 29.3 Å². The first kappa shape index (κ1) is 14.7. The molecule has 0 aliphatic heterocycles. The third-order valence-corrected chi connectivity index (χ3v) is 5.69. The summed E-state index contributed by atoms with van der Waals surface area (Å²) in [7, 11) is 0. The highest BCUT2D eigenvalue weighted by atomic mass is 16.6. The van der Waals surface area contributed by atoms with Crippen molar-refractivity contribution in [3.05, 3.63) is 39.6 Å². The van der Waals surface area contributed by atoms with E-state index in [9.17, 15) is 10.1 Å². The molecule has 2 aliphatic carbocycles. The third kappa shape index (κ3) is 2.63. The summed E-state index contributed by atoms with van der Waals surface area (Å²) in [5, 5.41) is 14.7. The van der Waals surface area contributed by atoms with E-state index in [2.05, 4.69) is 17.2 Å². The van der Waals surface area contributed by atoms with Gasteiger partial charge in [-0.2, -0.15) is 0 Å². The molecule has 5 heteroatoms. The number of rotatable bonds is 3. The maximum absolute atomic E-state index is 11.0. The standard InChI is InChI=1S/C18H23N3O2/c1-11-5-6-12(9-11)19-17-4-2-3-14-15-10-13(21(22)23)7-8-16(15)20-18(14)17/h7-8,10-12,17,19-20H,2-6,9H2,1H3/p+1/t11-,12+,17-/m1/s1. The highest BCUT2D eigenvalue weighted by molar-refractivity contribution is 5.87. The Morgan fingerprint density at radius 3 is 2.91 bits per heavy atom. The summed E-state index contributed by atoms with van der Waals surface area (Å²) < 4.78 is 0. The average molecular weight is 314 g/mol. The lowest BCUT2D eigenvalue weighted by atomic mass is 9.91. The van der Waals surface area contributed by atoms with E-state index >= 15 is 0 Å². The Hall–Kier alpha value is -1.88. The van der Waals surface area contributed by atoms with Crippen LogP contribution in [0.4, 0.5) is 5.69 Å². The number of nitro groups is 1. The number of non-ortho nitro benzene ring substituents is 1. The zero-order chi connectivity index (χ0) is 16.0. The summed E-state index contributed by atoms with van der Waals surface area (Å²) in [6.45, 7) is 2.35. The first-order valence-corrected chi connectivity index (χ1v) is 8.75. The van der Waals surface area contributed by atoms with Gasteiger partial charge in [-0.15, -0.1) is 0 Å². The summed E-state index contributed by atoms with van der Waals surface area (Å²) >= 11 is 0. The van der Waals surface area contributed by atoms with Crippen molar-refractivity contribution in [1.29, 1.82) is 0 Å². The SMILES string of the molecule is C[C@@H]1CC[C@H]([NH2+][C@@H]2CCCc3c2[nH]c2ccc([N+](=O)[O-])cc32)C1. The molecule has 1 aromatic heterocycles. The van der Waals surface area contributed by atoms with Crippen LogP contribution < -0.4 is 5.32 Å². The highest BCUT2D eigenvalue weighted by Crippen LogP contribution is 2.35. The van der Waals surface area contributed by atoms with Crippen molar-refractivity contribution in [3.8, 4) is 0 Å². The molecule has 0 unspecified atom stereocenters. The lowest BCUT2D eigenvalue weighted by Crippen LogP contribution is -2.90. The van der Waals surface area contributed by atoms with Gasteiger partial charge in [0, 0.05) is 35.9 Å². The fourth-order valence-electron chi connectivity index (χ4n) is 4.55. The summed E-state index contributed by atoms with van der Waals surface area (Å²) in [4.78, 5) is 14.3. The third-order valence-electron chi connectivity index (χ3n) is 5.69. The molecule has 1 aromatic carbocycles. The van der Waals surface area contributed by atoms with Crippen LogP contribution in [0.1, 0.15) is 56.3 Å². The monoisotopic (exact) mass is 314 g/mol. The molecule has 3 N–H and O–H groups in total. The normalized spacial score (nSPS) is 27.3. The van der Waals surface area contributed by atoms with Crippen molar-refractivity contribution in [2.75, 3.05) is 0 Å². The van der Waals surface area contributed by atoms with Gasteiger partial charge < -0.3 is 10.3 Å². The molecular weight excluding hydrogens is 290 g/mol. The van der Waals surface area contributed by atoms with Gasteiger partial charge in [-0.3, -0.25) is 10.1 Å². The number of aryl methyl sites for hydroxylation is 1. The predicted molar refractivity (Wildman–Crippen MR) is 89.4 cm³/mol. The molecule has 2 aliphatic rings. The molecule has 2 aromatic rings. The van der Waals surface area contributed by atoms with Crippen LogP contribution in [0.2, 0.25) is 0 Å². The first-order chi connectivity index (χ1) is 11.1. The van der Waals surface area contributed by atoms with Gasteiger partial charge >= 0.3 is 0 Å². The van der Waals surface area contributed by atoms with Crippen LogP contribution in [0, 0.1) is 16.0 Å². The lowest BCUT2D eigenvalue weighted by molar-refractivity contribution is -0.728. The molecule has 0 radical (unpaired) electrons. The van der Waals surface area contributed by atoms with Gasteiger partial charge in [0.05, 0.1) is 16.7 Å². The number of nitrogens with zero attached hydrogens (tertiary/aromatic N) is 1. The van der Waals surface area contributed by atoms with Gasteiger partial charge in [-0.05, 0) is 43.2 Å². The van der Waals surface area contributed by atoms with Crippen LogP contribution in [0.3, 0.4) is 0 Å². The number of hydrogen-bond donors (Lipinski definition) is 2. The first-order valence-electron chi connectivity index (χ1n) is 8.75. The second-order valence-corrected chi connectivity index (χ2v) is 7.37. The molecule has 122 valence electrons. The summed E-state index contributed by atoms with van der Waals surface area (Å²) in [6, 6.07) is 6.43. The molecule has 5 nitrogen and oxygen atoms in total. The number of aromatic amines is 1. The minimum atomic E-state index is -0.300. The Kier molecular flexibility index (Phi) is 3.60. The number of benzene rings is 1. The van der Waals surface area contributed by atoms with Gasteiger partial charge in [0.2, 0.25) is 0 Å². The van der Waals surface area contributed by atoms with Crippen LogP contribution in [0.15, 0.2) is 18.2 Å². The molecular formula is C18H24N3O2+. The van der Waals surface area contributed by atoms with Crippen molar-refractivity contribution in [1.82, 2.24) is 4.98 Å². The average Bonchev–Trinajstić information content (AvgIpc) is 3.11. The van der Waals surface area contributed by atoms with Crippen LogP contribution in [-0.4, -0.2) is 15.9 Å². The predicted octanol–water partition coefficient (Wildman–Crippen LogP) is 3.21. The fourth-order valence-corrected chi connectivity index (χ4v) is 4.55. The number of H-pyrrole nitrogens is 1. The summed E-state index contributed by atoms with van der Waals surface area (Å²) in [5.41, 5.74) is 3.85. The van der Waals surface area contributed by atoms with Crippen LogP contribution in [0.5, 0.6) is 0 Å². The Labute approximate surface area is 135 Å². The quantitative estimate of drug-likeness (QED) is 0.674. The molecule has 1 fully saturated rings. The van der Waals surface area contributed by atoms with E-state index in [-0.39, 0.29) is 10.6 Å². The maximum atomic E-state index is 11.0. The van der Waals surface area contributed by atoms with Crippen LogP contribution in [-0.2, 0) is 6.42 Å². The number of nitrogens with one attached hydrogen (secondary N) is 1. The van der Waals surface area contributed by atoms with E-state index in [0.29, 0.717) is 6.04 Å². The smallest absolute Gasteiger partial charge is 0.270 e. The molecule has 4 rings (SSSR count). The number of quaternary nitrogens is 1. The zero-order valence-corrected chi connectivity index (χ0v) is 13.5. The van der Waals surface area contributed by atoms with E-state index in [1.165, 1.54) is 43.4 Å². The molecule has 1 saturated carbocycles. The van der Waals surface area contributed by atoms with Gasteiger partial charge in [0.1, 0.15) is 6.04 Å². The van der Waals surface area contributed by atoms with Crippen LogP contribution >= 0.6 is 0 Å². The Bertz CT molecular complexity index is 752. The van der Waals surface area contributed by atoms with Crippen molar-refractivity contribution in [2.45, 2.75) is 57.5 Å². The van der Waals surface area contributed by atoms with E-state index in [1.54, 1.807) is 12.1 Å². The number of nitrogens with two attached hydrogens (primary N) is 1. The Balaban J connectivity index is 1.67. The molecule has 0 bridgehead atoms. The Morgan fingerprint density at radius 2 is 2.17 bits per heavy atom. The Morgan fingerprint density at radius 1 is 1.30 bits per heavy atom. The maximum Gasteiger partial charge on any atom is 0.270 e. The van der Waals surface area contributed by atoms with Crippen molar-refractivity contribution < 1.29 is 10.2 Å².